The molecule has 1 amide bonds. The number of nitro groups is 2. The van der Waals surface area contributed by atoms with E-state index in [0.29, 0.717) is 5.69 Å². The van der Waals surface area contributed by atoms with E-state index < -0.39 is 27.1 Å². The van der Waals surface area contributed by atoms with Gasteiger partial charge >= 0.3 is 0 Å². The van der Waals surface area contributed by atoms with Gasteiger partial charge in [-0.15, -0.1) is 11.3 Å². The lowest BCUT2D eigenvalue weighted by molar-refractivity contribution is -0.395. The van der Waals surface area contributed by atoms with Gasteiger partial charge in [0.1, 0.15) is 10.6 Å². The predicted octanol–water partition coefficient (Wildman–Crippen LogP) is 3.26. The predicted molar refractivity (Wildman–Crippen MR) is 101 cm³/mol. The number of hydrogen-bond donors (Lipinski definition) is 1. The van der Waals surface area contributed by atoms with Gasteiger partial charge in [-0.1, -0.05) is 0 Å². The molecule has 10 nitrogen and oxygen atoms in total. The first-order chi connectivity index (χ1) is 13.4. The maximum atomic E-state index is 12.4. The molecule has 0 unspecified atom stereocenters. The molecule has 0 aliphatic rings. The average Bonchev–Trinajstić information content (AvgIpc) is 3.15. The number of hydrogen-bond acceptors (Lipinski definition) is 8. The van der Waals surface area contributed by atoms with Gasteiger partial charge in [0.05, 0.1) is 27.6 Å². The van der Waals surface area contributed by atoms with Crippen molar-refractivity contribution in [3.05, 3.63) is 79.1 Å². The molecule has 0 fully saturated rings. The molecule has 0 spiro atoms. The zero-order valence-corrected chi connectivity index (χ0v) is 15.3. The molecule has 0 atom stereocenters. The number of nitro benzene ring substituents is 2. The maximum absolute atomic E-state index is 12.4. The van der Waals surface area contributed by atoms with Crippen LogP contribution in [0.4, 0.5) is 11.4 Å². The Morgan fingerprint density at radius 3 is 2.46 bits per heavy atom. The van der Waals surface area contributed by atoms with Crippen molar-refractivity contribution in [2.45, 2.75) is 13.5 Å². The summed E-state index contributed by atoms with van der Waals surface area (Å²) in [6, 6.07) is 5.70. The number of carbonyl (C=O) groups is 1. The molecule has 1 aromatic carbocycles. The van der Waals surface area contributed by atoms with Crippen LogP contribution in [-0.2, 0) is 6.54 Å². The van der Waals surface area contributed by atoms with E-state index in [2.05, 4.69) is 15.3 Å². The zero-order chi connectivity index (χ0) is 20.3. The summed E-state index contributed by atoms with van der Waals surface area (Å²) in [5.41, 5.74) is 0.209. The normalized spacial score (nSPS) is 10.5. The van der Waals surface area contributed by atoms with Gasteiger partial charge in [0.15, 0.2) is 0 Å². The third kappa shape index (κ3) is 3.99. The van der Waals surface area contributed by atoms with Crippen molar-refractivity contribution in [3.63, 3.8) is 0 Å². The summed E-state index contributed by atoms with van der Waals surface area (Å²) >= 11 is 1.38. The standard InChI is InChI=1S/C17H13N5O5S/c1-10-14(21(24)25)5-12(6-15(10)22(26)27)16(23)19-8-13-9-28-17(20-13)11-3-2-4-18-7-11/h2-7,9H,8H2,1H3,(H,19,23). The Labute approximate surface area is 162 Å². The van der Waals surface area contributed by atoms with Crippen LogP contribution in [0.25, 0.3) is 10.6 Å². The van der Waals surface area contributed by atoms with Crippen molar-refractivity contribution in [3.8, 4) is 10.6 Å². The lowest BCUT2D eigenvalue weighted by Crippen LogP contribution is -2.23. The molecule has 11 heteroatoms. The number of amides is 1. The van der Waals surface area contributed by atoms with Crippen molar-refractivity contribution in [1.82, 2.24) is 15.3 Å². The highest BCUT2D eigenvalue weighted by Crippen LogP contribution is 2.29. The molecule has 0 aliphatic carbocycles. The number of aromatic nitrogens is 2. The average molecular weight is 399 g/mol. The van der Waals surface area contributed by atoms with Gasteiger partial charge in [0.2, 0.25) is 0 Å². The van der Waals surface area contributed by atoms with Crippen LogP contribution in [0.2, 0.25) is 0 Å². The van der Waals surface area contributed by atoms with Crippen LogP contribution < -0.4 is 5.32 Å². The van der Waals surface area contributed by atoms with Gasteiger partial charge < -0.3 is 5.32 Å². The lowest BCUT2D eigenvalue weighted by Gasteiger charge is -2.05. The van der Waals surface area contributed by atoms with Gasteiger partial charge in [0, 0.05) is 35.5 Å². The maximum Gasteiger partial charge on any atom is 0.279 e. The van der Waals surface area contributed by atoms with Crippen LogP contribution in [-0.4, -0.2) is 25.7 Å². The number of benzene rings is 1. The monoisotopic (exact) mass is 399 g/mol. The van der Waals surface area contributed by atoms with E-state index >= 15 is 0 Å². The fraction of sp³-hybridized carbons (Fsp3) is 0.118. The number of pyridine rings is 1. The van der Waals surface area contributed by atoms with E-state index in [1.807, 2.05) is 6.07 Å². The van der Waals surface area contributed by atoms with Gasteiger partial charge in [0.25, 0.3) is 17.3 Å². The topological polar surface area (TPSA) is 141 Å². The van der Waals surface area contributed by atoms with E-state index in [0.717, 1.165) is 22.7 Å². The zero-order valence-electron chi connectivity index (χ0n) is 14.5. The Morgan fingerprint density at radius 1 is 1.21 bits per heavy atom. The van der Waals surface area contributed by atoms with Crippen molar-refractivity contribution in [1.29, 1.82) is 0 Å². The molecule has 0 radical (unpaired) electrons. The van der Waals surface area contributed by atoms with Crippen LogP contribution in [0, 0.1) is 27.2 Å². The molecule has 3 rings (SSSR count). The van der Waals surface area contributed by atoms with E-state index in [-0.39, 0.29) is 17.7 Å². The fourth-order valence-electron chi connectivity index (χ4n) is 2.48. The summed E-state index contributed by atoms with van der Waals surface area (Å²) < 4.78 is 0. The van der Waals surface area contributed by atoms with Crippen molar-refractivity contribution in [2.75, 3.05) is 0 Å². The summed E-state index contributed by atoms with van der Waals surface area (Å²) in [6.07, 6.45) is 3.32. The largest absolute Gasteiger partial charge is 0.346 e. The SMILES string of the molecule is Cc1c([N+](=O)[O-])cc(C(=O)NCc2csc(-c3cccnc3)n2)cc1[N+](=O)[O-]. The molecule has 0 saturated carbocycles. The van der Waals surface area contributed by atoms with Gasteiger partial charge in [-0.25, -0.2) is 4.98 Å². The number of nitrogens with zero attached hydrogens (tertiary/aromatic N) is 4. The number of carbonyl (C=O) groups excluding carboxylic acids is 1. The van der Waals surface area contributed by atoms with Crippen molar-refractivity contribution in [2.24, 2.45) is 0 Å². The summed E-state index contributed by atoms with van der Waals surface area (Å²) in [5, 5.41) is 27.3. The van der Waals surface area contributed by atoms with Gasteiger partial charge in [-0.2, -0.15) is 0 Å². The third-order valence-corrected chi connectivity index (χ3v) is 4.84. The molecule has 142 valence electrons. The Balaban J connectivity index is 1.78. The van der Waals surface area contributed by atoms with Gasteiger partial charge in [-0.3, -0.25) is 30.0 Å². The smallest absolute Gasteiger partial charge is 0.279 e. The molecule has 3 aromatic rings. The minimum Gasteiger partial charge on any atom is -0.346 e. The van der Waals surface area contributed by atoms with E-state index in [1.165, 1.54) is 18.3 Å². The minimum absolute atomic E-state index is 0.0745. The van der Waals surface area contributed by atoms with Crippen LogP contribution in [0.5, 0.6) is 0 Å². The molecule has 0 saturated heterocycles. The Morgan fingerprint density at radius 2 is 1.89 bits per heavy atom. The highest BCUT2D eigenvalue weighted by molar-refractivity contribution is 7.13. The summed E-state index contributed by atoms with van der Waals surface area (Å²) in [7, 11) is 0. The van der Waals surface area contributed by atoms with Crippen molar-refractivity contribution < 1.29 is 14.6 Å². The van der Waals surface area contributed by atoms with Crippen molar-refractivity contribution >= 4 is 28.6 Å². The van der Waals surface area contributed by atoms with Crippen LogP contribution in [0.1, 0.15) is 21.6 Å². The number of nitrogens with one attached hydrogen (secondary N) is 1. The van der Waals surface area contributed by atoms with Crippen LogP contribution in [0.15, 0.2) is 42.0 Å². The third-order valence-electron chi connectivity index (χ3n) is 3.90. The first-order valence-corrected chi connectivity index (χ1v) is 8.81. The number of rotatable bonds is 6. The summed E-state index contributed by atoms with van der Waals surface area (Å²) in [5.74, 6) is -0.665. The second-order valence-corrected chi connectivity index (χ2v) is 6.58. The van der Waals surface area contributed by atoms with Crippen LogP contribution >= 0.6 is 11.3 Å². The first kappa shape index (κ1) is 19.0. The fourth-order valence-corrected chi connectivity index (χ4v) is 3.29. The minimum atomic E-state index is -0.750. The second kappa shape index (κ2) is 7.88. The van der Waals surface area contributed by atoms with E-state index in [1.54, 1.807) is 23.8 Å². The highest BCUT2D eigenvalue weighted by Gasteiger charge is 2.25. The molecule has 0 bridgehead atoms. The molecular weight excluding hydrogens is 386 g/mol. The Hall–Kier alpha value is -3.73. The Bertz CT molecular complexity index is 1030. The molecule has 1 N–H and O–H groups in total. The van der Waals surface area contributed by atoms with E-state index in [9.17, 15) is 25.0 Å². The second-order valence-electron chi connectivity index (χ2n) is 5.72. The van der Waals surface area contributed by atoms with E-state index in [4.69, 9.17) is 0 Å². The molecule has 0 aliphatic heterocycles. The van der Waals surface area contributed by atoms with Gasteiger partial charge in [-0.05, 0) is 19.1 Å². The quantitative estimate of drug-likeness (QED) is 0.495. The molecule has 28 heavy (non-hydrogen) atoms. The molecule has 2 aromatic heterocycles. The van der Waals surface area contributed by atoms with Crippen LogP contribution in [0.3, 0.4) is 0 Å². The summed E-state index contributed by atoms with van der Waals surface area (Å²) in [4.78, 5) is 41.5. The number of thiazole rings is 1. The molecular formula is C17H13N5O5S. The first-order valence-electron chi connectivity index (χ1n) is 7.93. The lowest BCUT2D eigenvalue weighted by atomic mass is 10.1. The molecule has 2 heterocycles. The Kier molecular flexibility index (Phi) is 5.36. The summed E-state index contributed by atoms with van der Waals surface area (Å²) in [6.45, 7) is 1.35. The highest BCUT2D eigenvalue weighted by atomic mass is 32.1.